The summed E-state index contributed by atoms with van der Waals surface area (Å²) in [6.45, 7) is 2.40. The summed E-state index contributed by atoms with van der Waals surface area (Å²) >= 11 is 0. The van der Waals surface area contributed by atoms with Crippen LogP contribution < -0.4 is 9.47 Å². The second-order valence-electron chi connectivity index (χ2n) is 4.92. The van der Waals surface area contributed by atoms with Crippen LogP contribution in [-0.4, -0.2) is 45.3 Å². The first-order valence-electron chi connectivity index (χ1n) is 6.69. The van der Waals surface area contributed by atoms with Crippen LogP contribution in [0.15, 0.2) is 18.2 Å². The highest BCUT2D eigenvalue weighted by Crippen LogP contribution is 2.27. The molecule has 1 fully saturated rings. The number of hydrogen-bond acceptors (Lipinski definition) is 5. The van der Waals surface area contributed by atoms with Crippen LogP contribution in [0.1, 0.15) is 12.0 Å². The van der Waals surface area contributed by atoms with Gasteiger partial charge in [-0.2, -0.15) is 0 Å². The van der Waals surface area contributed by atoms with Crippen LogP contribution in [0, 0.1) is 5.92 Å². The van der Waals surface area contributed by atoms with Crippen molar-refractivity contribution in [2.45, 2.75) is 13.0 Å². The first-order valence-corrected chi connectivity index (χ1v) is 6.69. The van der Waals surface area contributed by atoms with E-state index in [2.05, 4.69) is 4.90 Å². The van der Waals surface area contributed by atoms with Gasteiger partial charge in [-0.3, -0.25) is 9.69 Å². The van der Waals surface area contributed by atoms with E-state index in [4.69, 9.17) is 14.2 Å². The van der Waals surface area contributed by atoms with Crippen LogP contribution in [0.5, 0.6) is 11.5 Å². The predicted molar refractivity (Wildman–Crippen MR) is 74.9 cm³/mol. The van der Waals surface area contributed by atoms with E-state index in [1.54, 1.807) is 14.2 Å². The van der Waals surface area contributed by atoms with Crippen molar-refractivity contribution in [3.63, 3.8) is 0 Å². The van der Waals surface area contributed by atoms with Gasteiger partial charge in [-0.15, -0.1) is 0 Å². The second-order valence-corrected chi connectivity index (χ2v) is 4.92. The average Bonchev–Trinajstić information content (AvgIpc) is 2.95. The third-order valence-corrected chi connectivity index (χ3v) is 3.70. The molecule has 0 amide bonds. The van der Waals surface area contributed by atoms with Gasteiger partial charge in [-0.1, -0.05) is 6.07 Å². The van der Waals surface area contributed by atoms with Crippen molar-refractivity contribution < 1.29 is 19.0 Å². The molecular formula is C15H21NO4. The number of benzene rings is 1. The van der Waals surface area contributed by atoms with E-state index >= 15 is 0 Å². The minimum absolute atomic E-state index is 0.00996. The molecule has 0 unspecified atom stereocenters. The quantitative estimate of drug-likeness (QED) is 0.768. The number of esters is 1. The van der Waals surface area contributed by atoms with Gasteiger partial charge in [0.05, 0.1) is 27.2 Å². The van der Waals surface area contributed by atoms with E-state index in [0.717, 1.165) is 43.1 Å². The molecule has 0 N–H and O–H groups in total. The Bertz CT molecular complexity index is 475. The van der Waals surface area contributed by atoms with Gasteiger partial charge < -0.3 is 14.2 Å². The highest BCUT2D eigenvalue weighted by Gasteiger charge is 2.29. The number of ether oxygens (including phenoxy) is 3. The van der Waals surface area contributed by atoms with E-state index < -0.39 is 0 Å². The lowest BCUT2D eigenvalue weighted by molar-refractivity contribution is -0.144. The van der Waals surface area contributed by atoms with Gasteiger partial charge in [0.2, 0.25) is 0 Å². The average molecular weight is 279 g/mol. The lowest BCUT2D eigenvalue weighted by atomic mass is 10.1. The van der Waals surface area contributed by atoms with E-state index in [-0.39, 0.29) is 11.9 Å². The Morgan fingerprint density at radius 1 is 1.30 bits per heavy atom. The molecule has 1 aliphatic heterocycles. The summed E-state index contributed by atoms with van der Waals surface area (Å²) in [5, 5.41) is 0. The van der Waals surface area contributed by atoms with E-state index in [1.807, 2.05) is 18.2 Å². The zero-order chi connectivity index (χ0) is 14.5. The molecule has 5 heteroatoms. The van der Waals surface area contributed by atoms with Gasteiger partial charge in [-0.25, -0.2) is 0 Å². The Morgan fingerprint density at radius 2 is 2.10 bits per heavy atom. The maximum atomic E-state index is 11.5. The van der Waals surface area contributed by atoms with Gasteiger partial charge in [0.1, 0.15) is 11.5 Å². The maximum Gasteiger partial charge on any atom is 0.310 e. The molecule has 110 valence electrons. The van der Waals surface area contributed by atoms with Gasteiger partial charge in [0.25, 0.3) is 0 Å². The van der Waals surface area contributed by atoms with E-state index in [0.29, 0.717) is 0 Å². The Balaban J connectivity index is 2.02. The van der Waals surface area contributed by atoms with Crippen molar-refractivity contribution in [3.8, 4) is 11.5 Å². The Labute approximate surface area is 119 Å². The Morgan fingerprint density at radius 3 is 2.75 bits per heavy atom. The van der Waals surface area contributed by atoms with Crippen molar-refractivity contribution in [2.24, 2.45) is 5.92 Å². The molecule has 2 rings (SSSR count). The number of carbonyl (C=O) groups is 1. The fourth-order valence-corrected chi connectivity index (χ4v) is 2.56. The van der Waals surface area contributed by atoms with E-state index in [1.165, 1.54) is 7.11 Å². The van der Waals surface area contributed by atoms with E-state index in [9.17, 15) is 4.79 Å². The van der Waals surface area contributed by atoms with Crippen molar-refractivity contribution in [2.75, 3.05) is 34.4 Å². The minimum Gasteiger partial charge on any atom is -0.497 e. The number of hydrogen-bond donors (Lipinski definition) is 0. The van der Waals surface area contributed by atoms with Gasteiger partial charge >= 0.3 is 5.97 Å². The summed E-state index contributed by atoms with van der Waals surface area (Å²) in [6, 6.07) is 5.80. The first kappa shape index (κ1) is 14.7. The fraction of sp³-hybridized carbons (Fsp3) is 0.533. The zero-order valence-corrected chi connectivity index (χ0v) is 12.2. The molecule has 0 bridgehead atoms. The second kappa shape index (κ2) is 6.61. The van der Waals surface area contributed by atoms with Crippen LogP contribution in [-0.2, 0) is 16.1 Å². The van der Waals surface area contributed by atoms with Crippen LogP contribution in [0.3, 0.4) is 0 Å². The Kier molecular flexibility index (Phi) is 4.84. The highest BCUT2D eigenvalue weighted by molar-refractivity contribution is 5.72. The third kappa shape index (κ3) is 3.22. The van der Waals surface area contributed by atoms with Crippen molar-refractivity contribution in [3.05, 3.63) is 23.8 Å². The highest BCUT2D eigenvalue weighted by atomic mass is 16.5. The first-order chi connectivity index (χ1) is 9.67. The minimum atomic E-state index is -0.116. The summed E-state index contributed by atoms with van der Waals surface area (Å²) in [5.74, 6) is 1.46. The normalized spacial score (nSPS) is 18.9. The lowest BCUT2D eigenvalue weighted by Crippen LogP contribution is -2.23. The molecule has 1 atom stereocenters. The molecule has 0 radical (unpaired) electrons. The van der Waals surface area contributed by atoms with Crippen molar-refractivity contribution in [1.82, 2.24) is 4.90 Å². The molecule has 1 aromatic rings. The van der Waals surface area contributed by atoms with Crippen LogP contribution in [0.2, 0.25) is 0 Å². The summed E-state index contributed by atoms with van der Waals surface area (Å²) in [7, 11) is 4.73. The molecule has 0 aliphatic carbocycles. The smallest absolute Gasteiger partial charge is 0.310 e. The Hall–Kier alpha value is -1.75. The number of carbonyl (C=O) groups excluding carboxylic acids is 1. The summed E-state index contributed by atoms with van der Waals surface area (Å²) in [5.41, 5.74) is 1.10. The maximum absolute atomic E-state index is 11.5. The number of methoxy groups -OCH3 is 3. The van der Waals surface area contributed by atoms with Gasteiger partial charge in [0, 0.05) is 24.7 Å². The molecule has 1 aromatic carbocycles. The number of likely N-dealkylation sites (tertiary alicyclic amines) is 1. The molecule has 1 aliphatic rings. The molecule has 5 nitrogen and oxygen atoms in total. The fourth-order valence-electron chi connectivity index (χ4n) is 2.56. The monoisotopic (exact) mass is 279 g/mol. The molecule has 1 saturated heterocycles. The lowest BCUT2D eigenvalue weighted by Gasteiger charge is -2.18. The van der Waals surface area contributed by atoms with Crippen LogP contribution in [0.25, 0.3) is 0 Å². The van der Waals surface area contributed by atoms with Gasteiger partial charge in [-0.05, 0) is 19.0 Å². The number of rotatable bonds is 5. The zero-order valence-electron chi connectivity index (χ0n) is 12.2. The summed E-state index contributed by atoms with van der Waals surface area (Å²) in [6.07, 6.45) is 0.852. The largest absolute Gasteiger partial charge is 0.497 e. The van der Waals surface area contributed by atoms with Crippen molar-refractivity contribution >= 4 is 5.97 Å². The molecule has 0 aromatic heterocycles. The molecule has 1 heterocycles. The molecular weight excluding hydrogens is 258 g/mol. The summed E-state index contributed by atoms with van der Waals surface area (Å²) in [4.78, 5) is 13.8. The predicted octanol–water partition coefficient (Wildman–Crippen LogP) is 1.70. The standard InChI is InChI=1S/C15H21NO4/c1-18-13-5-4-11(14(8-13)19-2)9-16-7-6-12(10-16)15(17)20-3/h4-5,8,12H,6-7,9-10H2,1-3H3/t12-/m1/s1. The molecule has 20 heavy (non-hydrogen) atoms. The van der Waals surface area contributed by atoms with Crippen LogP contribution in [0.4, 0.5) is 0 Å². The van der Waals surface area contributed by atoms with Gasteiger partial charge in [0.15, 0.2) is 0 Å². The molecule has 0 spiro atoms. The SMILES string of the molecule is COC(=O)[C@@H]1CCN(Cc2ccc(OC)cc2OC)C1. The summed E-state index contributed by atoms with van der Waals surface area (Å²) < 4.78 is 15.4. The van der Waals surface area contributed by atoms with Crippen LogP contribution >= 0.6 is 0 Å². The molecule has 0 saturated carbocycles. The number of nitrogens with zero attached hydrogens (tertiary/aromatic N) is 1. The third-order valence-electron chi connectivity index (χ3n) is 3.70. The van der Waals surface area contributed by atoms with Crippen molar-refractivity contribution in [1.29, 1.82) is 0 Å². The topological polar surface area (TPSA) is 48.0 Å².